The smallest absolute Gasteiger partial charge is 0.339 e. The van der Waals surface area contributed by atoms with Crippen LogP contribution in [0.4, 0.5) is 0 Å². The second kappa shape index (κ2) is 6.52. The van der Waals surface area contributed by atoms with Crippen molar-refractivity contribution < 1.29 is 17.9 Å². The Balaban J connectivity index is 2.49. The molecule has 0 saturated carbocycles. The second-order valence-electron chi connectivity index (χ2n) is 4.72. The molecule has 8 heteroatoms. The summed E-state index contributed by atoms with van der Waals surface area (Å²) >= 11 is 11.9. The number of ether oxygens (including phenoxy) is 1. The molecule has 21 heavy (non-hydrogen) atoms. The number of carbonyl (C=O) groups excluding carboxylic acids is 1. The zero-order valence-corrected chi connectivity index (χ0v) is 13.8. The summed E-state index contributed by atoms with van der Waals surface area (Å²) in [7, 11) is -2.54. The highest BCUT2D eigenvalue weighted by atomic mass is 35.5. The van der Waals surface area contributed by atoms with Gasteiger partial charge < -0.3 is 4.74 Å². The minimum absolute atomic E-state index is 0.00164. The van der Waals surface area contributed by atoms with Crippen LogP contribution in [0.15, 0.2) is 17.0 Å². The number of sulfonamides is 1. The van der Waals surface area contributed by atoms with Crippen molar-refractivity contribution in [3.05, 3.63) is 27.7 Å². The number of benzene rings is 1. The van der Waals surface area contributed by atoms with Gasteiger partial charge in [-0.3, -0.25) is 0 Å². The maximum absolute atomic E-state index is 12.6. The molecule has 0 aliphatic carbocycles. The monoisotopic (exact) mass is 351 g/mol. The molecule has 1 aromatic carbocycles. The molecule has 1 fully saturated rings. The summed E-state index contributed by atoms with van der Waals surface area (Å²) in [5.74, 6) is -0.702. The normalized spacial score (nSPS) is 16.7. The van der Waals surface area contributed by atoms with Gasteiger partial charge in [-0.2, -0.15) is 4.31 Å². The molecule has 116 valence electrons. The number of methoxy groups -OCH3 is 1. The van der Waals surface area contributed by atoms with Crippen LogP contribution >= 0.6 is 23.2 Å². The molecule has 1 saturated heterocycles. The SMILES string of the molecule is COC(=O)c1cc(S(=O)(=O)N2CCCCC2)c(Cl)cc1Cl. The van der Waals surface area contributed by atoms with Gasteiger partial charge in [-0.25, -0.2) is 13.2 Å². The molecule has 1 aliphatic rings. The average molecular weight is 352 g/mol. The molecule has 0 aromatic heterocycles. The molecule has 2 rings (SSSR count). The van der Waals surface area contributed by atoms with Gasteiger partial charge in [0.15, 0.2) is 0 Å². The third-order valence-corrected chi connectivity index (χ3v) is 6.04. The molecular formula is C13H15Cl2NO4S. The van der Waals surface area contributed by atoms with Gasteiger partial charge in [-0.15, -0.1) is 0 Å². The number of hydrogen-bond donors (Lipinski definition) is 0. The van der Waals surface area contributed by atoms with E-state index in [0.29, 0.717) is 13.1 Å². The lowest BCUT2D eigenvalue weighted by Gasteiger charge is -2.26. The van der Waals surface area contributed by atoms with Crippen LogP contribution in [0.2, 0.25) is 10.0 Å². The molecule has 0 bridgehead atoms. The summed E-state index contributed by atoms with van der Waals surface area (Å²) in [5.41, 5.74) is -0.0147. The Kier molecular flexibility index (Phi) is 5.14. The van der Waals surface area contributed by atoms with Crippen molar-refractivity contribution in [3.8, 4) is 0 Å². The number of nitrogens with zero attached hydrogens (tertiary/aromatic N) is 1. The van der Waals surface area contributed by atoms with E-state index in [0.717, 1.165) is 19.3 Å². The number of rotatable bonds is 3. The molecule has 0 N–H and O–H groups in total. The lowest BCUT2D eigenvalue weighted by molar-refractivity contribution is 0.0600. The molecule has 0 radical (unpaired) electrons. The molecular weight excluding hydrogens is 337 g/mol. The Hall–Kier alpha value is -0.820. The van der Waals surface area contributed by atoms with Crippen LogP contribution in [0, 0.1) is 0 Å². The van der Waals surface area contributed by atoms with Gasteiger partial charge in [0.2, 0.25) is 10.0 Å². The van der Waals surface area contributed by atoms with Crippen LogP contribution < -0.4 is 0 Å². The van der Waals surface area contributed by atoms with Crippen LogP contribution in [0.5, 0.6) is 0 Å². The van der Waals surface area contributed by atoms with Crippen molar-refractivity contribution in [3.63, 3.8) is 0 Å². The quantitative estimate of drug-likeness (QED) is 0.785. The largest absolute Gasteiger partial charge is 0.465 e. The molecule has 1 heterocycles. The molecule has 5 nitrogen and oxygen atoms in total. The van der Waals surface area contributed by atoms with E-state index in [9.17, 15) is 13.2 Å². The van der Waals surface area contributed by atoms with Crippen molar-refractivity contribution in [1.29, 1.82) is 0 Å². The van der Waals surface area contributed by atoms with Gasteiger partial charge in [0.25, 0.3) is 0 Å². The highest BCUT2D eigenvalue weighted by molar-refractivity contribution is 7.89. The summed E-state index contributed by atoms with van der Waals surface area (Å²) in [5, 5.41) is 0.0580. The van der Waals surface area contributed by atoms with Crippen molar-refractivity contribution >= 4 is 39.2 Å². The molecule has 0 atom stereocenters. The number of halogens is 2. The predicted octanol–water partition coefficient (Wildman–Crippen LogP) is 2.95. The molecule has 0 amide bonds. The number of esters is 1. The van der Waals surface area contributed by atoms with Crippen molar-refractivity contribution in [2.24, 2.45) is 0 Å². The summed E-state index contributed by atoms with van der Waals surface area (Å²) in [6, 6.07) is 2.44. The second-order valence-corrected chi connectivity index (χ2v) is 7.44. The maximum atomic E-state index is 12.6. The molecule has 0 spiro atoms. The van der Waals surface area contributed by atoms with Crippen LogP contribution in [-0.4, -0.2) is 38.9 Å². The van der Waals surface area contributed by atoms with E-state index < -0.39 is 16.0 Å². The van der Waals surface area contributed by atoms with Gasteiger partial charge in [0, 0.05) is 13.1 Å². The minimum Gasteiger partial charge on any atom is -0.465 e. The number of hydrogen-bond acceptors (Lipinski definition) is 4. The zero-order chi connectivity index (χ0) is 15.6. The van der Waals surface area contributed by atoms with E-state index >= 15 is 0 Å². The van der Waals surface area contributed by atoms with Gasteiger partial charge in [0.05, 0.1) is 22.7 Å². The van der Waals surface area contributed by atoms with Gasteiger partial charge >= 0.3 is 5.97 Å². The first-order chi connectivity index (χ1) is 9.87. The highest BCUT2D eigenvalue weighted by Gasteiger charge is 2.29. The standard InChI is InChI=1S/C13H15Cl2NO4S/c1-20-13(17)9-7-12(11(15)8-10(9)14)21(18,19)16-5-3-2-4-6-16/h7-8H,2-6H2,1H3. The fourth-order valence-electron chi connectivity index (χ4n) is 2.24. The van der Waals surface area contributed by atoms with E-state index in [4.69, 9.17) is 23.2 Å². The first kappa shape index (κ1) is 16.5. The molecule has 1 aromatic rings. The minimum atomic E-state index is -3.74. The highest BCUT2D eigenvalue weighted by Crippen LogP contribution is 2.32. The third-order valence-electron chi connectivity index (χ3n) is 3.36. The van der Waals surface area contributed by atoms with Crippen LogP contribution in [-0.2, 0) is 14.8 Å². The lowest BCUT2D eigenvalue weighted by atomic mass is 10.2. The summed E-state index contributed by atoms with van der Waals surface area (Å²) in [6.07, 6.45) is 2.64. The third kappa shape index (κ3) is 3.34. The summed E-state index contributed by atoms with van der Waals surface area (Å²) in [4.78, 5) is 11.5. The lowest BCUT2D eigenvalue weighted by Crippen LogP contribution is -2.35. The Bertz CT molecular complexity index is 654. The fraction of sp³-hybridized carbons (Fsp3) is 0.462. The topological polar surface area (TPSA) is 63.7 Å². The Morgan fingerprint density at radius 1 is 1.14 bits per heavy atom. The Labute approximate surface area is 133 Å². The van der Waals surface area contributed by atoms with Gasteiger partial charge in [0.1, 0.15) is 4.90 Å². The molecule has 1 aliphatic heterocycles. The zero-order valence-electron chi connectivity index (χ0n) is 11.4. The van der Waals surface area contributed by atoms with E-state index in [-0.39, 0.29) is 20.5 Å². The van der Waals surface area contributed by atoms with E-state index in [1.165, 1.54) is 23.5 Å². The fourth-order valence-corrected chi connectivity index (χ4v) is 4.58. The van der Waals surface area contributed by atoms with Gasteiger partial charge in [-0.1, -0.05) is 29.6 Å². The van der Waals surface area contributed by atoms with Crippen molar-refractivity contribution in [2.75, 3.05) is 20.2 Å². The average Bonchev–Trinajstić information content (AvgIpc) is 2.47. The van der Waals surface area contributed by atoms with Crippen LogP contribution in [0.25, 0.3) is 0 Å². The number of piperidine rings is 1. The van der Waals surface area contributed by atoms with Crippen LogP contribution in [0.3, 0.4) is 0 Å². The number of carbonyl (C=O) groups is 1. The molecule has 0 unspecified atom stereocenters. The first-order valence-corrected chi connectivity index (χ1v) is 8.65. The summed E-state index contributed by atoms with van der Waals surface area (Å²) < 4.78 is 31.2. The van der Waals surface area contributed by atoms with Crippen molar-refractivity contribution in [1.82, 2.24) is 4.31 Å². The van der Waals surface area contributed by atoms with E-state index in [1.807, 2.05) is 0 Å². The Morgan fingerprint density at radius 2 is 1.76 bits per heavy atom. The Morgan fingerprint density at radius 3 is 2.33 bits per heavy atom. The van der Waals surface area contributed by atoms with Gasteiger partial charge in [-0.05, 0) is 25.0 Å². The maximum Gasteiger partial charge on any atom is 0.339 e. The van der Waals surface area contributed by atoms with E-state index in [2.05, 4.69) is 4.74 Å². The van der Waals surface area contributed by atoms with E-state index in [1.54, 1.807) is 0 Å². The van der Waals surface area contributed by atoms with Crippen LogP contribution in [0.1, 0.15) is 29.6 Å². The van der Waals surface area contributed by atoms with Crippen molar-refractivity contribution in [2.45, 2.75) is 24.2 Å². The first-order valence-electron chi connectivity index (χ1n) is 6.45. The predicted molar refractivity (Wildman–Crippen MR) is 80.4 cm³/mol. The summed E-state index contributed by atoms with van der Waals surface area (Å²) in [6.45, 7) is 0.906.